The van der Waals surface area contributed by atoms with Gasteiger partial charge in [-0.1, -0.05) is 41.1 Å². The van der Waals surface area contributed by atoms with Crippen LogP contribution in [0.4, 0.5) is 0 Å². The summed E-state index contributed by atoms with van der Waals surface area (Å²) in [4.78, 5) is 18.6. The Bertz CT molecular complexity index is 1270. The summed E-state index contributed by atoms with van der Waals surface area (Å²) in [5, 5.41) is 11.9. The van der Waals surface area contributed by atoms with Crippen molar-refractivity contribution in [2.24, 2.45) is 11.8 Å². The second kappa shape index (κ2) is 11.8. The molecule has 1 aliphatic rings. The molecule has 182 valence electrons. The molecule has 3 aromatic rings. The largest absolute Gasteiger partial charge is 0.497 e. The van der Waals surface area contributed by atoms with Crippen molar-refractivity contribution in [1.29, 1.82) is 0 Å². The lowest BCUT2D eigenvalue weighted by molar-refractivity contribution is -0.146. The molecule has 0 spiro atoms. The van der Waals surface area contributed by atoms with Crippen LogP contribution in [-0.2, 0) is 11.2 Å². The van der Waals surface area contributed by atoms with E-state index < -0.39 is 11.9 Å². The van der Waals surface area contributed by atoms with E-state index in [2.05, 4.69) is 21.7 Å². The second-order valence-corrected chi connectivity index (χ2v) is 9.66. The van der Waals surface area contributed by atoms with Crippen LogP contribution < -0.4 is 4.74 Å². The summed E-state index contributed by atoms with van der Waals surface area (Å²) >= 11 is 12.3. The number of carbonyl (C=O) groups is 1. The first-order chi connectivity index (χ1) is 17.0. The zero-order valence-electron chi connectivity index (χ0n) is 19.6. The molecule has 5 nitrogen and oxygen atoms in total. The summed E-state index contributed by atoms with van der Waals surface area (Å²) in [6, 6.07) is 13.3. The molecule has 0 aliphatic carbocycles. The van der Waals surface area contributed by atoms with Crippen LogP contribution in [0.15, 0.2) is 48.7 Å². The third-order valence-electron chi connectivity index (χ3n) is 6.69. The molecule has 2 atom stereocenters. The molecule has 4 rings (SSSR count). The van der Waals surface area contributed by atoms with Crippen molar-refractivity contribution in [1.82, 2.24) is 9.88 Å². The normalized spacial score (nSPS) is 18.1. The van der Waals surface area contributed by atoms with Crippen LogP contribution in [-0.4, -0.2) is 47.7 Å². The summed E-state index contributed by atoms with van der Waals surface area (Å²) in [7, 11) is 1.66. The zero-order chi connectivity index (χ0) is 24.8. The molecule has 0 amide bonds. The molecule has 1 fully saturated rings. The molecular weight excluding hydrogens is 483 g/mol. The Labute approximate surface area is 216 Å². The van der Waals surface area contributed by atoms with Crippen molar-refractivity contribution in [2.45, 2.75) is 25.7 Å². The molecule has 0 bridgehead atoms. The molecule has 1 aliphatic heterocycles. The number of aliphatic carboxylic acids is 1. The molecule has 0 saturated carbocycles. The number of likely N-dealkylation sites (tertiary alicyclic amines) is 1. The van der Waals surface area contributed by atoms with E-state index in [4.69, 9.17) is 27.9 Å². The van der Waals surface area contributed by atoms with Gasteiger partial charge in [-0.25, -0.2) is 0 Å². The first-order valence-electron chi connectivity index (χ1n) is 11.8. The van der Waals surface area contributed by atoms with Crippen LogP contribution in [0, 0.1) is 23.7 Å². The fraction of sp³-hybridized carbons (Fsp3) is 0.357. The second-order valence-electron chi connectivity index (χ2n) is 8.88. The highest BCUT2D eigenvalue weighted by atomic mass is 35.5. The van der Waals surface area contributed by atoms with Crippen molar-refractivity contribution in [3.63, 3.8) is 0 Å². The fourth-order valence-electron chi connectivity index (χ4n) is 4.77. The molecule has 2 heterocycles. The minimum Gasteiger partial charge on any atom is -0.497 e. The molecular formula is C28H28Cl2N2O3. The van der Waals surface area contributed by atoms with Crippen molar-refractivity contribution in [2.75, 3.05) is 26.7 Å². The number of methoxy groups -OCH3 is 1. The van der Waals surface area contributed by atoms with Crippen molar-refractivity contribution < 1.29 is 14.6 Å². The number of benzene rings is 2. The number of carboxylic acid groups (broad SMARTS) is 1. The number of halogens is 2. The van der Waals surface area contributed by atoms with Crippen LogP contribution in [0.25, 0.3) is 10.9 Å². The lowest BCUT2D eigenvalue weighted by Crippen LogP contribution is -2.44. The highest BCUT2D eigenvalue weighted by Gasteiger charge is 2.33. The molecule has 2 aromatic carbocycles. The topological polar surface area (TPSA) is 62.7 Å². The fourth-order valence-corrected chi connectivity index (χ4v) is 5.11. The van der Waals surface area contributed by atoms with Gasteiger partial charge in [0.25, 0.3) is 0 Å². The van der Waals surface area contributed by atoms with Gasteiger partial charge in [-0.2, -0.15) is 0 Å². The maximum atomic E-state index is 12.0. The van der Waals surface area contributed by atoms with E-state index in [9.17, 15) is 9.90 Å². The molecule has 0 unspecified atom stereocenters. The van der Waals surface area contributed by atoms with Crippen LogP contribution in [0.1, 0.15) is 30.4 Å². The Hall–Kier alpha value is -2.78. The summed E-state index contributed by atoms with van der Waals surface area (Å²) in [6.07, 6.45) is 5.37. The standard InChI is InChI=1S/C28H28Cl2N2O3/c1-35-22-10-11-26-23(17-22)19(12-14-31-26)5-2-6-20-13-16-32(18-24(20)28(33)34)15-4-8-21-7-3-9-25(29)27(21)30/h3,7,9-12,14,17,20,24H,2,5-6,13,15-16,18H2,1H3,(H,33,34)/t20-,24+/m1/s1. The third kappa shape index (κ3) is 6.27. The smallest absolute Gasteiger partial charge is 0.308 e. The highest BCUT2D eigenvalue weighted by Crippen LogP contribution is 2.30. The highest BCUT2D eigenvalue weighted by molar-refractivity contribution is 6.42. The Morgan fingerprint density at radius 1 is 1.26 bits per heavy atom. The van der Waals surface area contributed by atoms with Crippen LogP contribution in [0.5, 0.6) is 5.75 Å². The Balaban J connectivity index is 1.35. The number of fused-ring (bicyclic) bond motifs is 1. The first kappa shape index (κ1) is 25.3. The number of rotatable bonds is 7. The van der Waals surface area contributed by atoms with Gasteiger partial charge in [0.15, 0.2) is 0 Å². The first-order valence-corrected chi connectivity index (χ1v) is 12.5. The Morgan fingerprint density at radius 3 is 2.91 bits per heavy atom. The molecule has 35 heavy (non-hydrogen) atoms. The number of piperidine rings is 1. The molecule has 1 saturated heterocycles. The van der Waals surface area contributed by atoms with Crippen molar-refractivity contribution >= 4 is 40.1 Å². The Kier molecular flexibility index (Phi) is 8.51. The number of aromatic nitrogens is 1. The van der Waals surface area contributed by atoms with E-state index >= 15 is 0 Å². The van der Waals surface area contributed by atoms with E-state index in [1.165, 1.54) is 5.56 Å². The van der Waals surface area contributed by atoms with Crippen LogP contribution in [0.2, 0.25) is 10.0 Å². The van der Waals surface area contributed by atoms with E-state index in [0.29, 0.717) is 28.7 Å². The Morgan fingerprint density at radius 2 is 2.11 bits per heavy atom. The predicted molar refractivity (Wildman–Crippen MR) is 140 cm³/mol. The van der Waals surface area contributed by atoms with Crippen molar-refractivity contribution in [3.8, 4) is 17.6 Å². The predicted octanol–water partition coefficient (Wildman–Crippen LogP) is 5.95. The van der Waals surface area contributed by atoms with Gasteiger partial charge < -0.3 is 9.84 Å². The van der Waals surface area contributed by atoms with E-state index in [1.807, 2.05) is 42.6 Å². The van der Waals surface area contributed by atoms with E-state index in [-0.39, 0.29) is 5.92 Å². The van der Waals surface area contributed by atoms with Crippen LogP contribution >= 0.6 is 23.2 Å². The number of hydrogen-bond acceptors (Lipinski definition) is 4. The van der Waals surface area contributed by atoms with Crippen LogP contribution in [0.3, 0.4) is 0 Å². The van der Waals surface area contributed by atoms with Gasteiger partial charge >= 0.3 is 5.97 Å². The molecule has 1 aromatic heterocycles. The number of hydrogen-bond donors (Lipinski definition) is 1. The van der Waals surface area contributed by atoms with Gasteiger partial charge in [0, 0.05) is 23.7 Å². The SMILES string of the molecule is COc1ccc2nccc(CCC[C@@H]3CCN(CC#Cc4cccc(Cl)c4Cl)C[C@@H]3C(=O)O)c2c1. The maximum absolute atomic E-state index is 12.0. The number of ether oxygens (including phenoxy) is 1. The van der Waals surface area contributed by atoms with Gasteiger partial charge in [0.05, 0.1) is 35.1 Å². The summed E-state index contributed by atoms with van der Waals surface area (Å²) in [5.74, 6) is 6.03. The lowest BCUT2D eigenvalue weighted by Gasteiger charge is -2.35. The van der Waals surface area contributed by atoms with Crippen molar-refractivity contribution in [3.05, 3.63) is 69.8 Å². The number of aryl methyl sites for hydroxylation is 1. The number of nitrogens with zero attached hydrogens (tertiary/aromatic N) is 2. The molecule has 1 N–H and O–H groups in total. The number of pyridine rings is 1. The summed E-state index contributed by atoms with van der Waals surface area (Å²) in [6.45, 7) is 1.85. The average molecular weight is 511 g/mol. The summed E-state index contributed by atoms with van der Waals surface area (Å²) in [5.41, 5.74) is 2.85. The average Bonchev–Trinajstić information content (AvgIpc) is 2.87. The quantitative estimate of drug-likeness (QED) is 0.398. The minimum atomic E-state index is -0.732. The summed E-state index contributed by atoms with van der Waals surface area (Å²) < 4.78 is 5.37. The lowest BCUT2D eigenvalue weighted by atomic mass is 9.81. The van der Waals surface area contributed by atoms with E-state index in [1.54, 1.807) is 13.2 Å². The third-order valence-corrected chi connectivity index (χ3v) is 7.51. The molecule has 0 radical (unpaired) electrons. The minimum absolute atomic E-state index is 0.154. The number of carboxylic acids is 1. The molecule has 7 heteroatoms. The maximum Gasteiger partial charge on any atom is 0.308 e. The monoisotopic (exact) mass is 510 g/mol. The van der Waals surface area contributed by atoms with Gasteiger partial charge in [-0.05, 0) is 80.1 Å². The van der Waals surface area contributed by atoms with Gasteiger partial charge in [0.1, 0.15) is 5.75 Å². The van der Waals surface area contributed by atoms with Gasteiger partial charge in [0.2, 0.25) is 0 Å². The van der Waals surface area contributed by atoms with E-state index in [0.717, 1.165) is 48.9 Å². The zero-order valence-corrected chi connectivity index (χ0v) is 21.1. The van der Waals surface area contributed by atoms with Gasteiger partial charge in [-0.15, -0.1) is 0 Å². The van der Waals surface area contributed by atoms with Gasteiger partial charge in [-0.3, -0.25) is 14.7 Å².